The Bertz CT molecular complexity index is 548. The highest BCUT2D eigenvalue weighted by Crippen LogP contribution is 2.21. The number of aryl methyl sites for hydroxylation is 1. The smallest absolute Gasteiger partial charge is 0.345 e. The van der Waals surface area contributed by atoms with Gasteiger partial charge in [-0.25, -0.2) is 9.78 Å². The quantitative estimate of drug-likeness (QED) is 0.861. The maximum Gasteiger partial charge on any atom is 0.345 e. The second-order valence-corrected chi connectivity index (χ2v) is 4.65. The van der Waals surface area contributed by atoms with Crippen LogP contribution in [-0.4, -0.2) is 26.5 Å². The summed E-state index contributed by atoms with van der Waals surface area (Å²) in [5, 5.41) is 12.0. The zero-order valence-electron chi connectivity index (χ0n) is 9.37. The van der Waals surface area contributed by atoms with Gasteiger partial charge in [-0.3, -0.25) is 4.79 Å². The summed E-state index contributed by atoms with van der Waals surface area (Å²) in [5.74, 6) is -1.14. The van der Waals surface area contributed by atoms with E-state index in [4.69, 9.17) is 5.11 Å². The van der Waals surface area contributed by atoms with Crippen molar-refractivity contribution in [2.24, 2.45) is 0 Å². The Balaban J connectivity index is 1.85. The second kappa shape index (κ2) is 5.46. The van der Waals surface area contributed by atoms with Crippen molar-refractivity contribution < 1.29 is 14.7 Å². The molecule has 0 bridgehead atoms. The van der Waals surface area contributed by atoms with Gasteiger partial charge in [-0.15, -0.1) is 11.3 Å². The molecule has 2 rings (SSSR count). The van der Waals surface area contributed by atoms with Crippen LogP contribution < -0.4 is 5.32 Å². The van der Waals surface area contributed by atoms with Crippen LogP contribution in [0.5, 0.6) is 0 Å². The van der Waals surface area contributed by atoms with Crippen LogP contribution in [0, 0.1) is 0 Å². The number of carboxylic acid groups (broad SMARTS) is 1. The number of rotatable bonds is 5. The van der Waals surface area contributed by atoms with E-state index in [1.807, 2.05) is 0 Å². The largest absolute Gasteiger partial charge is 0.477 e. The first-order valence-electron chi connectivity index (χ1n) is 5.24. The van der Waals surface area contributed by atoms with Crippen LogP contribution in [-0.2, 0) is 11.3 Å². The van der Waals surface area contributed by atoms with E-state index in [1.54, 1.807) is 29.4 Å². The first-order chi connectivity index (χ1) is 8.65. The molecule has 6 nitrogen and oxygen atoms in total. The third-order valence-corrected chi connectivity index (χ3v) is 3.22. The van der Waals surface area contributed by atoms with Crippen molar-refractivity contribution in [1.29, 1.82) is 0 Å². The first kappa shape index (κ1) is 12.3. The van der Waals surface area contributed by atoms with Crippen molar-refractivity contribution >= 4 is 28.2 Å². The SMILES string of the molecule is O=C(CCn1ccnc1)Nc1ccc(C(=O)O)s1. The Kier molecular flexibility index (Phi) is 3.73. The highest BCUT2D eigenvalue weighted by molar-refractivity contribution is 7.18. The molecule has 0 aromatic carbocycles. The summed E-state index contributed by atoms with van der Waals surface area (Å²) in [5.41, 5.74) is 0. The van der Waals surface area contributed by atoms with Gasteiger partial charge < -0.3 is 15.0 Å². The van der Waals surface area contributed by atoms with Crippen molar-refractivity contribution in [3.63, 3.8) is 0 Å². The van der Waals surface area contributed by atoms with Gasteiger partial charge in [-0.2, -0.15) is 0 Å². The number of amides is 1. The molecule has 0 aliphatic rings. The summed E-state index contributed by atoms with van der Waals surface area (Å²) in [6.07, 6.45) is 5.38. The lowest BCUT2D eigenvalue weighted by molar-refractivity contribution is -0.116. The summed E-state index contributed by atoms with van der Waals surface area (Å²) in [7, 11) is 0. The Morgan fingerprint density at radius 2 is 2.28 bits per heavy atom. The molecule has 0 saturated heterocycles. The van der Waals surface area contributed by atoms with Crippen molar-refractivity contribution in [3.05, 3.63) is 35.7 Å². The normalized spacial score (nSPS) is 10.2. The molecule has 1 amide bonds. The van der Waals surface area contributed by atoms with Crippen LogP contribution in [0.3, 0.4) is 0 Å². The molecular formula is C11H11N3O3S. The summed E-state index contributed by atoms with van der Waals surface area (Å²) >= 11 is 1.04. The fraction of sp³-hybridized carbons (Fsp3) is 0.182. The number of hydrogen-bond acceptors (Lipinski definition) is 4. The molecule has 2 aromatic heterocycles. The molecule has 7 heteroatoms. The minimum atomic E-state index is -0.987. The highest BCUT2D eigenvalue weighted by atomic mass is 32.1. The Morgan fingerprint density at radius 1 is 1.44 bits per heavy atom. The number of anilines is 1. The maximum absolute atomic E-state index is 11.6. The molecule has 2 aromatic rings. The van der Waals surface area contributed by atoms with Crippen LogP contribution in [0.25, 0.3) is 0 Å². The molecule has 0 unspecified atom stereocenters. The number of carbonyl (C=O) groups is 2. The molecule has 0 saturated carbocycles. The lowest BCUT2D eigenvalue weighted by Crippen LogP contribution is -2.13. The molecule has 18 heavy (non-hydrogen) atoms. The third-order valence-electron chi connectivity index (χ3n) is 2.24. The summed E-state index contributed by atoms with van der Waals surface area (Å²) < 4.78 is 1.80. The number of aromatic nitrogens is 2. The van der Waals surface area contributed by atoms with Gasteiger partial charge >= 0.3 is 5.97 Å². The second-order valence-electron chi connectivity index (χ2n) is 3.57. The van der Waals surface area contributed by atoms with Crippen molar-refractivity contribution in [2.75, 3.05) is 5.32 Å². The van der Waals surface area contributed by atoms with E-state index >= 15 is 0 Å². The standard InChI is InChI=1S/C11H11N3O3S/c15-9(3-5-14-6-4-12-7-14)13-10-2-1-8(18-10)11(16)17/h1-2,4,6-7H,3,5H2,(H,13,15)(H,16,17). The van der Waals surface area contributed by atoms with E-state index in [1.165, 1.54) is 6.07 Å². The number of carbonyl (C=O) groups excluding carboxylic acids is 1. The molecule has 0 aliphatic carbocycles. The van der Waals surface area contributed by atoms with Crippen LogP contribution >= 0.6 is 11.3 Å². The summed E-state index contributed by atoms with van der Waals surface area (Å²) in [6, 6.07) is 3.06. The number of imidazole rings is 1. The highest BCUT2D eigenvalue weighted by Gasteiger charge is 2.09. The van der Waals surface area contributed by atoms with Gasteiger partial charge in [0.25, 0.3) is 0 Å². The topological polar surface area (TPSA) is 84.2 Å². The Hall–Kier alpha value is -2.15. The number of carboxylic acids is 1. The molecule has 2 heterocycles. The lowest BCUT2D eigenvalue weighted by atomic mass is 10.4. The predicted molar refractivity (Wildman–Crippen MR) is 66.8 cm³/mol. The molecule has 0 atom stereocenters. The molecule has 0 aliphatic heterocycles. The van der Waals surface area contributed by atoms with Crippen LogP contribution in [0.4, 0.5) is 5.00 Å². The zero-order valence-corrected chi connectivity index (χ0v) is 10.2. The van der Waals surface area contributed by atoms with Gasteiger partial charge in [0.2, 0.25) is 5.91 Å². The van der Waals surface area contributed by atoms with Gasteiger partial charge in [0.15, 0.2) is 0 Å². The van der Waals surface area contributed by atoms with Crippen molar-refractivity contribution in [2.45, 2.75) is 13.0 Å². The predicted octanol–water partition coefficient (Wildman–Crippen LogP) is 1.67. The number of thiophene rings is 1. The minimum Gasteiger partial charge on any atom is -0.477 e. The molecule has 0 spiro atoms. The Labute approximate surface area is 107 Å². The number of nitrogens with one attached hydrogen (secondary N) is 1. The van der Waals surface area contributed by atoms with E-state index in [0.717, 1.165) is 11.3 Å². The van der Waals surface area contributed by atoms with E-state index in [0.29, 0.717) is 18.0 Å². The van der Waals surface area contributed by atoms with Gasteiger partial charge in [-0.1, -0.05) is 0 Å². The Morgan fingerprint density at radius 3 is 2.89 bits per heavy atom. The minimum absolute atomic E-state index is 0.150. The fourth-order valence-corrected chi connectivity index (χ4v) is 2.13. The van der Waals surface area contributed by atoms with Gasteiger partial charge in [0, 0.05) is 25.4 Å². The summed E-state index contributed by atoms with van der Waals surface area (Å²) in [6.45, 7) is 0.545. The van der Waals surface area contributed by atoms with Crippen LogP contribution in [0.15, 0.2) is 30.9 Å². The molecule has 94 valence electrons. The van der Waals surface area contributed by atoms with Crippen LogP contribution in [0.1, 0.15) is 16.1 Å². The van der Waals surface area contributed by atoms with Gasteiger partial charge in [-0.05, 0) is 12.1 Å². The van der Waals surface area contributed by atoms with Crippen LogP contribution in [0.2, 0.25) is 0 Å². The average molecular weight is 265 g/mol. The van der Waals surface area contributed by atoms with E-state index in [-0.39, 0.29) is 10.8 Å². The van der Waals surface area contributed by atoms with E-state index in [9.17, 15) is 9.59 Å². The number of aromatic carboxylic acids is 1. The fourth-order valence-electron chi connectivity index (χ4n) is 1.37. The monoisotopic (exact) mass is 265 g/mol. The number of nitrogens with zero attached hydrogens (tertiary/aromatic N) is 2. The molecule has 0 radical (unpaired) electrons. The molecule has 0 fully saturated rings. The lowest BCUT2D eigenvalue weighted by Gasteiger charge is -2.02. The van der Waals surface area contributed by atoms with Gasteiger partial charge in [0.1, 0.15) is 4.88 Å². The van der Waals surface area contributed by atoms with E-state index in [2.05, 4.69) is 10.3 Å². The van der Waals surface area contributed by atoms with Crippen molar-refractivity contribution in [3.8, 4) is 0 Å². The van der Waals surface area contributed by atoms with E-state index < -0.39 is 5.97 Å². The van der Waals surface area contributed by atoms with Gasteiger partial charge in [0.05, 0.1) is 11.3 Å². The third kappa shape index (κ3) is 3.17. The first-order valence-corrected chi connectivity index (χ1v) is 6.05. The number of hydrogen-bond donors (Lipinski definition) is 2. The maximum atomic E-state index is 11.6. The summed E-state index contributed by atoms with van der Waals surface area (Å²) in [4.78, 5) is 26.4. The average Bonchev–Trinajstić information content (AvgIpc) is 2.96. The molecular weight excluding hydrogens is 254 g/mol. The zero-order chi connectivity index (χ0) is 13.0. The molecule has 2 N–H and O–H groups in total. The van der Waals surface area contributed by atoms with Crippen molar-refractivity contribution in [1.82, 2.24) is 9.55 Å².